The first-order chi connectivity index (χ1) is 11.1. The van der Waals surface area contributed by atoms with Crippen LogP contribution in [0.2, 0.25) is 0 Å². The average molecular weight is 307 g/mol. The van der Waals surface area contributed by atoms with Gasteiger partial charge in [-0.05, 0) is 54.2 Å². The molecule has 0 saturated carbocycles. The van der Waals surface area contributed by atoms with Gasteiger partial charge in [-0.25, -0.2) is 4.79 Å². The lowest BCUT2D eigenvalue weighted by atomic mass is 10.0. The van der Waals surface area contributed by atoms with E-state index in [4.69, 9.17) is 5.11 Å². The van der Waals surface area contributed by atoms with Crippen molar-refractivity contribution >= 4 is 23.6 Å². The minimum atomic E-state index is -1.06. The fourth-order valence-corrected chi connectivity index (χ4v) is 2.92. The van der Waals surface area contributed by atoms with Crippen LogP contribution in [-0.2, 0) is 17.6 Å². The second kappa shape index (κ2) is 6.48. The number of carboxylic acid groups (broad SMARTS) is 1. The van der Waals surface area contributed by atoms with Crippen LogP contribution in [-0.4, -0.2) is 17.0 Å². The molecule has 1 aliphatic carbocycles. The highest BCUT2D eigenvalue weighted by atomic mass is 16.4. The molecule has 0 aliphatic heterocycles. The van der Waals surface area contributed by atoms with Crippen molar-refractivity contribution < 1.29 is 14.7 Å². The third-order valence-electron chi connectivity index (χ3n) is 4.01. The van der Waals surface area contributed by atoms with Crippen molar-refractivity contribution in [2.75, 3.05) is 5.32 Å². The Labute approximate surface area is 134 Å². The Morgan fingerprint density at radius 2 is 1.87 bits per heavy atom. The van der Waals surface area contributed by atoms with Crippen LogP contribution in [0.5, 0.6) is 0 Å². The van der Waals surface area contributed by atoms with Gasteiger partial charge in [-0.3, -0.25) is 4.79 Å². The maximum atomic E-state index is 12.1. The van der Waals surface area contributed by atoms with Crippen molar-refractivity contribution in [3.05, 3.63) is 70.8 Å². The van der Waals surface area contributed by atoms with Crippen molar-refractivity contribution in [3.63, 3.8) is 0 Å². The van der Waals surface area contributed by atoms with Crippen LogP contribution in [0.25, 0.3) is 6.08 Å². The Hall–Kier alpha value is -2.88. The van der Waals surface area contributed by atoms with E-state index in [1.54, 1.807) is 24.3 Å². The third-order valence-corrected chi connectivity index (χ3v) is 4.01. The predicted octanol–water partition coefficient (Wildman–Crippen LogP) is 3.53. The van der Waals surface area contributed by atoms with E-state index in [1.165, 1.54) is 23.3 Å². The summed E-state index contributed by atoms with van der Waals surface area (Å²) in [6.07, 6.45) is 6.53. The van der Waals surface area contributed by atoms with Crippen molar-refractivity contribution in [3.8, 4) is 0 Å². The zero-order chi connectivity index (χ0) is 16.2. The molecule has 3 rings (SSSR count). The summed E-state index contributed by atoms with van der Waals surface area (Å²) < 4.78 is 0. The Morgan fingerprint density at radius 3 is 2.70 bits per heavy atom. The van der Waals surface area contributed by atoms with Gasteiger partial charge >= 0.3 is 5.97 Å². The molecule has 116 valence electrons. The summed E-state index contributed by atoms with van der Waals surface area (Å²) in [7, 11) is 0. The highest BCUT2D eigenvalue weighted by molar-refractivity contribution is 6.06. The number of carboxylic acids is 1. The molecule has 0 radical (unpaired) electrons. The maximum absolute atomic E-state index is 12.1. The normalized spacial score (nSPS) is 13.0. The largest absolute Gasteiger partial charge is 0.478 e. The van der Waals surface area contributed by atoms with Crippen LogP contribution < -0.4 is 5.32 Å². The minimum absolute atomic E-state index is 0.0786. The van der Waals surface area contributed by atoms with Gasteiger partial charge in [-0.15, -0.1) is 0 Å². The highest BCUT2D eigenvalue weighted by Gasteiger charge is 2.13. The highest BCUT2D eigenvalue weighted by Crippen LogP contribution is 2.26. The lowest BCUT2D eigenvalue weighted by Gasteiger charge is -2.06. The summed E-state index contributed by atoms with van der Waals surface area (Å²) in [5.74, 6) is -1.40. The number of para-hydroxylation sites is 1. The number of carbonyl (C=O) groups excluding carboxylic acids is 1. The molecule has 0 spiro atoms. The number of carbonyl (C=O) groups is 2. The van der Waals surface area contributed by atoms with Crippen LogP contribution in [0.3, 0.4) is 0 Å². The number of anilines is 1. The standard InChI is InChI=1S/C19H17NO3/c21-18(20-17-10-2-1-8-16(17)19(22)23)12-11-14-6-3-5-13-7-4-9-15(13)14/h1-3,5-6,8,10-12H,4,7,9H2,(H,20,21)(H,22,23)/b12-11+. The van der Waals surface area contributed by atoms with E-state index in [0.717, 1.165) is 24.8 Å². The molecule has 1 amide bonds. The zero-order valence-electron chi connectivity index (χ0n) is 12.6. The van der Waals surface area contributed by atoms with Gasteiger partial charge in [0, 0.05) is 6.08 Å². The van der Waals surface area contributed by atoms with E-state index in [9.17, 15) is 9.59 Å². The molecule has 0 fully saturated rings. The summed E-state index contributed by atoms with van der Waals surface area (Å²) in [6, 6.07) is 12.5. The molecule has 0 aromatic heterocycles. The number of hydrogen-bond donors (Lipinski definition) is 2. The Morgan fingerprint density at radius 1 is 1.04 bits per heavy atom. The monoisotopic (exact) mass is 307 g/mol. The fourth-order valence-electron chi connectivity index (χ4n) is 2.92. The van der Waals surface area contributed by atoms with Crippen molar-refractivity contribution in [2.24, 2.45) is 0 Å². The second-order valence-corrected chi connectivity index (χ2v) is 5.51. The van der Waals surface area contributed by atoms with Gasteiger partial charge in [0.25, 0.3) is 0 Å². The van der Waals surface area contributed by atoms with Crippen LogP contribution in [0.15, 0.2) is 48.5 Å². The SMILES string of the molecule is O=C(/C=C/c1cccc2c1CCC2)Nc1ccccc1C(=O)O. The minimum Gasteiger partial charge on any atom is -0.478 e. The van der Waals surface area contributed by atoms with Gasteiger partial charge in [0.2, 0.25) is 5.91 Å². The molecule has 0 unspecified atom stereocenters. The molecule has 2 aromatic rings. The van der Waals surface area contributed by atoms with Gasteiger partial charge in [-0.2, -0.15) is 0 Å². The molecule has 23 heavy (non-hydrogen) atoms. The molecule has 0 bridgehead atoms. The van der Waals surface area contributed by atoms with Crippen LogP contribution in [0.1, 0.15) is 33.5 Å². The van der Waals surface area contributed by atoms with Gasteiger partial charge < -0.3 is 10.4 Å². The number of aromatic carboxylic acids is 1. The van der Waals surface area contributed by atoms with Gasteiger partial charge in [0.05, 0.1) is 11.3 Å². The topological polar surface area (TPSA) is 66.4 Å². The molecule has 1 aliphatic rings. The molecule has 0 heterocycles. The van der Waals surface area contributed by atoms with E-state index < -0.39 is 5.97 Å². The van der Waals surface area contributed by atoms with E-state index in [0.29, 0.717) is 5.69 Å². The number of benzene rings is 2. The third kappa shape index (κ3) is 3.31. The Bertz CT molecular complexity index is 793. The van der Waals surface area contributed by atoms with Gasteiger partial charge in [0.1, 0.15) is 0 Å². The van der Waals surface area contributed by atoms with Crippen molar-refractivity contribution in [1.82, 2.24) is 0 Å². The zero-order valence-corrected chi connectivity index (χ0v) is 12.6. The molecular weight excluding hydrogens is 290 g/mol. The number of rotatable bonds is 4. The number of fused-ring (bicyclic) bond motifs is 1. The lowest BCUT2D eigenvalue weighted by Crippen LogP contribution is -2.11. The number of amides is 1. The van der Waals surface area contributed by atoms with Gasteiger partial charge in [-0.1, -0.05) is 30.3 Å². The maximum Gasteiger partial charge on any atom is 0.337 e. The first-order valence-electron chi connectivity index (χ1n) is 7.57. The van der Waals surface area contributed by atoms with Gasteiger partial charge in [0.15, 0.2) is 0 Å². The molecule has 0 saturated heterocycles. The number of hydrogen-bond acceptors (Lipinski definition) is 2. The van der Waals surface area contributed by atoms with Crippen LogP contribution >= 0.6 is 0 Å². The molecule has 4 heteroatoms. The summed E-state index contributed by atoms with van der Waals surface area (Å²) in [4.78, 5) is 23.2. The van der Waals surface area contributed by atoms with E-state index in [2.05, 4.69) is 11.4 Å². The number of nitrogens with one attached hydrogen (secondary N) is 1. The van der Waals surface area contributed by atoms with Crippen LogP contribution in [0.4, 0.5) is 5.69 Å². The van der Waals surface area contributed by atoms with Crippen molar-refractivity contribution in [2.45, 2.75) is 19.3 Å². The molecular formula is C19H17NO3. The average Bonchev–Trinajstić information content (AvgIpc) is 3.02. The summed E-state index contributed by atoms with van der Waals surface area (Å²) >= 11 is 0. The second-order valence-electron chi connectivity index (χ2n) is 5.51. The molecule has 2 N–H and O–H groups in total. The van der Waals surface area contributed by atoms with E-state index in [1.807, 2.05) is 12.1 Å². The Kier molecular flexibility index (Phi) is 4.24. The first-order valence-corrected chi connectivity index (χ1v) is 7.57. The summed E-state index contributed by atoms with van der Waals surface area (Å²) in [6.45, 7) is 0. The number of aryl methyl sites for hydroxylation is 1. The molecule has 2 aromatic carbocycles. The summed E-state index contributed by atoms with van der Waals surface area (Å²) in [5.41, 5.74) is 4.09. The fraction of sp³-hybridized carbons (Fsp3) is 0.158. The van der Waals surface area contributed by atoms with Crippen LogP contribution in [0, 0.1) is 0 Å². The smallest absolute Gasteiger partial charge is 0.337 e. The first kappa shape index (κ1) is 15.0. The summed E-state index contributed by atoms with van der Waals surface area (Å²) in [5, 5.41) is 11.7. The molecule has 0 atom stereocenters. The Balaban J connectivity index is 1.76. The predicted molar refractivity (Wildman–Crippen MR) is 89.5 cm³/mol. The quantitative estimate of drug-likeness (QED) is 0.849. The molecule has 4 nitrogen and oxygen atoms in total. The van der Waals surface area contributed by atoms with Crippen molar-refractivity contribution in [1.29, 1.82) is 0 Å². The van der Waals surface area contributed by atoms with E-state index >= 15 is 0 Å². The lowest BCUT2D eigenvalue weighted by molar-refractivity contribution is -0.111. The van der Waals surface area contributed by atoms with E-state index in [-0.39, 0.29) is 11.5 Å².